The number of amides is 1. The minimum Gasteiger partial charge on any atom is -0.361 e. The third-order valence-electron chi connectivity index (χ3n) is 4.03. The first-order chi connectivity index (χ1) is 10.2. The summed E-state index contributed by atoms with van der Waals surface area (Å²) in [5.74, 6) is 0.823. The van der Waals surface area contributed by atoms with E-state index in [0.717, 1.165) is 42.1 Å². The van der Waals surface area contributed by atoms with Crippen LogP contribution in [-0.4, -0.2) is 32.5 Å². The molecule has 0 saturated carbocycles. The number of rotatable bonds is 3. The molecule has 1 amide bonds. The zero-order valence-corrected chi connectivity index (χ0v) is 12.2. The first-order valence-corrected chi connectivity index (χ1v) is 7.14. The molecule has 6 nitrogen and oxygen atoms in total. The molecule has 1 atom stereocenters. The van der Waals surface area contributed by atoms with Crippen LogP contribution in [0.3, 0.4) is 0 Å². The maximum Gasteiger partial charge on any atom is 0.227 e. The van der Waals surface area contributed by atoms with Gasteiger partial charge in [0, 0.05) is 18.3 Å². The van der Waals surface area contributed by atoms with E-state index >= 15 is 0 Å². The highest BCUT2D eigenvalue weighted by atomic mass is 16.5. The zero-order chi connectivity index (χ0) is 14.8. The summed E-state index contributed by atoms with van der Waals surface area (Å²) in [7, 11) is 0. The van der Waals surface area contributed by atoms with Gasteiger partial charge >= 0.3 is 0 Å². The van der Waals surface area contributed by atoms with E-state index in [1.807, 2.05) is 24.8 Å². The van der Waals surface area contributed by atoms with E-state index in [9.17, 15) is 4.79 Å². The van der Waals surface area contributed by atoms with Gasteiger partial charge in [0.05, 0.1) is 23.9 Å². The minimum atomic E-state index is 0.0565. The highest BCUT2D eigenvalue weighted by Gasteiger charge is 2.31. The van der Waals surface area contributed by atoms with E-state index in [4.69, 9.17) is 4.52 Å². The topological polar surface area (TPSA) is 72.1 Å². The number of aromatic nitrogens is 3. The summed E-state index contributed by atoms with van der Waals surface area (Å²) >= 11 is 0. The molecule has 21 heavy (non-hydrogen) atoms. The average molecular weight is 286 g/mol. The van der Waals surface area contributed by atoms with Crippen molar-refractivity contribution in [2.24, 2.45) is 0 Å². The van der Waals surface area contributed by atoms with E-state index in [0.29, 0.717) is 6.42 Å². The lowest BCUT2D eigenvalue weighted by atomic mass is 10.1. The second kappa shape index (κ2) is 5.63. The Morgan fingerprint density at radius 2 is 2.33 bits per heavy atom. The lowest BCUT2D eigenvalue weighted by Crippen LogP contribution is -2.32. The van der Waals surface area contributed by atoms with Crippen molar-refractivity contribution in [3.63, 3.8) is 0 Å². The highest BCUT2D eigenvalue weighted by molar-refractivity contribution is 5.80. The molecule has 0 unspecified atom stereocenters. The molecule has 1 fully saturated rings. The predicted molar refractivity (Wildman–Crippen MR) is 75.4 cm³/mol. The Bertz CT molecular complexity index is 619. The Kier molecular flexibility index (Phi) is 3.68. The third-order valence-corrected chi connectivity index (χ3v) is 4.03. The molecular formula is C15H18N4O2. The van der Waals surface area contributed by atoms with Crippen molar-refractivity contribution in [1.29, 1.82) is 0 Å². The maximum atomic E-state index is 12.6. The molecule has 0 radical (unpaired) electrons. The number of carbonyl (C=O) groups is 1. The van der Waals surface area contributed by atoms with E-state index in [2.05, 4.69) is 15.1 Å². The molecular weight excluding hydrogens is 268 g/mol. The molecule has 0 aromatic carbocycles. The molecule has 2 aromatic rings. The Labute approximate surface area is 123 Å². The summed E-state index contributed by atoms with van der Waals surface area (Å²) in [6.45, 7) is 4.48. The van der Waals surface area contributed by atoms with E-state index in [-0.39, 0.29) is 11.9 Å². The molecule has 110 valence electrons. The molecule has 2 aromatic heterocycles. The molecule has 0 spiro atoms. The maximum absolute atomic E-state index is 12.6. The van der Waals surface area contributed by atoms with Crippen molar-refractivity contribution >= 4 is 5.91 Å². The van der Waals surface area contributed by atoms with Crippen molar-refractivity contribution < 1.29 is 9.32 Å². The van der Waals surface area contributed by atoms with Gasteiger partial charge in [-0.1, -0.05) is 5.16 Å². The lowest BCUT2D eigenvalue weighted by Gasteiger charge is -2.24. The SMILES string of the molecule is Cc1noc(C)c1CC(=O)N1CCC[C@@H]1c1ccncn1. The van der Waals surface area contributed by atoms with Crippen molar-refractivity contribution in [2.45, 2.75) is 39.2 Å². The largest absolute Gasteiger partial charge is 0.361 e. The molecule has 0 aliphatic carbocycles. The number of aryl methyl sites for hydroxylation is 2. The van der Waals surface area contributed by atoms with Gasteiger partial charge in [-0.05, 0) is 32.8 Å². The number of nitrogens with zero attached hydrogens (tertiary/aromatic N) is 4. The molecule has 0 N–H and O–H groups in total. The van der Waals surface area contributed by atoms with Crippen LogP contribution >= 0.6 is 0 Å². The van der Waals surface area contributed by atoms with Gasteiger partial charge in [0.2, 0.25) is 5.91 Å². The van der Waals surface area contributed by atoms with Crippen molar-refractivity contribution in [2.75, 3.05) is 6.54 Å². The second-order valence-electron chi connectivity index (χ2n) is 5.36. The van der Waals surface area contributed by atoms with Crippen LogP contribution in [-0.2, 0) is 11.2 Å². The second-order valence-corrected chi connectivity index (χ2v) is 5.36. The van der Waals surface area contributed by atoms with E-state index < -0.39 is 0 Å². The molecule has 3 rings (SSSR count). The molecule has 0 bridgehead atoms. The quantitative estimate of drug-likeness (QED) is 0.862. The fourth-order valence-corrected chi connectivity index (χ4v) is 2.88. The molecule has 1 aliphatic heterocycles. The normalized spacial score (nSPS) is 18.2. The average Bonchev–Trinajstić information content (AvgIpc) is 3.10. The minimum absolute atomic E-state index is 0.0565. The molecule has 3 heterocycles. The van der Waals surface area contributed by atoms with Crippen LogP contribution in [0.15, 0.2) is 23.1 Å². The molecule has 1 aliphatic rings. The first-order valence-electron chi connectivity index (χ1n) is 7.14. The van der Waals surface area contributed by atoms with Crippen LogP contribution in [0.5, 0.6) is 0 Å². The summed E-state index contributed by atoms with van der Waals surface area (Å²) in [5, 5.41) is 3.91. The summed E-state index contributed by atoms with van der Waals surface area (Å²) in [6.07, 6.45) is 5.54. The van der Waals surface area contributed by atoms with Crippen LogP contribution in [0.2, 0.25) is 0 Å². The van der Waals surface area contributed by atoms with Crippen molar-refractivity contribution in [1.82, 2.24) is 20.0 Å². The van der Waals surface area contributed by atoms with E-state index in [1.165, 1.54) is 6.33 Å². The summed E-state index contributed by atoms with van der Waals surface area (Å²) in [4.78, 5) is 22.7. The van der Waals surface area contributed by atoms with Gasteiger partial charge in [0.15, 0.2) is 0 Å². The monoisotopic (exact) mass is 286 g/mol. The van der Waals surface area contributed by atoms with Gasteiger partial charge in [0.1, 0.15) is 12.1 Å². The van der Waals surface area contributed by atoms with Gasteiger partial charge in [-0.15, -0.1) is 0 Å². The van der Waals surface area contributed by atoms with Crippen LogP contribution in [0, 0.1) is 13.8 Å². The summed E-state index contributed by atoms with van der Waals surface area (Å²) < 4.78 is 5.13. The third kappa shape index (κ3) is 2.66. The van der Waals surface area contributed by atoms with Crippen LogP contribution in [0.1, 0.15) is 41.6 Å². The van der Waals surface area contributed by atoms with Gasteiger partial charge in [0.25, 0.3) is 0 Å². The smallest absolute Gasteiger partial charge is 0.227 e. The summed E-state index contributed by atoms with van der Waals surface area (Å²) in [6, 6.07) is 1.94. The highest BCUT2D eigenvalue weighted by Crippen LogP contribution is 2.31. The number of hydrogen-bond acceptors (Lipinski definition) is 5. The van der Waals surface area contributed by atoms with Gasteiger partial charge in [-0.3, -0.25) is 4.79 Å². The van der Waals surface area contributed by atoms with Gasteiger partial charge in [-0.2, -0.15) is 0 Å². The number of likely N-dealkylation sites (tertiary alicyclic amines) is 1. The van der Waals surface area contributed by atoms with Crippen LogP contribution in [0.4, 0.5) is 0 Å². The molecule has 6 heteroatoms. The number of carbonyl (C=O) groups excluding carboxylic acids is 1. The Hall–Kier alpha value is -2.24. The van der Waals surface area contributed by atoms with Crippen LogP contribution < -0.4 is 0 Å². The van der Waals surface area contributed by atoms with Crippen molar-refractivity contribution in [3.8, 4) is 0 Å². The fraction of sp³-hybridized carbons (Fsp3) is 0.467. The lowest BCUT2D eigenvalue weighted by molar-refractivity contribution is -0.131. The first kappa shape index (κ1) is 13.7. The zero-order valence-electron chi connectivity index (χ0n) is 12.2. The fourth-order valence-electron chi connectivity index (χ4n) is 2.88. The predicted octanol–water partition coefficient (Wildman–Crippen LogP) is 1.99. The van der Waals surface area contributed by atoms with Gasteiger partial charge < -0.3 is 9.42 Å². The number of hydrogen-bond donors (Lipinski definition) is 0. The Morgan fingerprint density at radius 3 is 3.00 bits per heavy atom. The van der Waals surface area contributed by atoms with Crippen molar-refractivity contribution in [3.05, 3.63) is 41.3 Å². The Balaban J connectivity index is 1.78. The standard InChI is InChI=1S/C15H18N4O2/c1-10-12(11(2)21-18-10)8-15(20)19-7-3-4-14(19)13-5-6-16-9-17-13/h5-6,9,14H,3-4,7-8H2,1-2H3/t14-/m1/s1. The molecule has 1 saturated heterocycles. The summed E-state index contributed by atoms with van der Waals surface area (Å²) in [5.41, 5.74) is 2.60. The van der Waals surface area contributed by atoms with Gasteiger partial charge in [-0.25, -0.2) is 9.97 Å². The van der Waals surface area contributed by atoms with Crippen LogP contribution in [0.25, 0.3) is 0 Å². The van der Waals surface area contributed by atoms with E-state index in [1.54, 1.807) is 6.20 Å². The Morgan fingerprint density at radius 1 is 1.48 bits per heavy atom.